The van der Waals surface area contributed by atoms with Crippen LogP contribution in [0.1, 0.15) is 37.0 Å². The molecular weight excluding hydrogens is 272 g/mol. The van der Waals surface area contributed by atoms with Crippen molar-refractivity contribution in [2.45, 2.75) is 26.7 Å². The van der Waals surface area contributed by atoms with Crippen LogP contribution in [0.25, 0.3) is 11.1 Å². The van der Waals surface area contributed by atoms with E-state index < -0.39 is 0 Å². The number of aryl methyl sites for hydroxylation is 1. The molecule has 0 aromatic heterocycles. The molecule has 0 heterocycles. The minimum absolute atomic E-state index is 0.456. The van der Waals surface area contributed by atoms with Crippen molar-refractivity contribution >= 4 is 0 Å². The Hall–Kier alpha value is -2.78. The Kier molecular flexibility index (Phi) is 5.17. The zero-order valence-corrected chi connectivity index (χ0v) is 12.9. The molecule has 0 fully saturated rings. The smallest absolute Gasteiger partial charge is 0.119 e. The van der Waals surface area contributed by atoms with E-state index in [1.165, 1.54) is 0 Å². The van der Waals surface area contributed by atoms with Crippen LogP contribution < -0.4 is 4.74 Å². The maximum Gasteiger partial charge on any atom is 0.119 e. The number of ether oxygens (including phenoxy) is 1. The van der Waals surface area contributed by atoms with Crippen LogP contribution in [-0.4, -0.2) is 6.61 Å². The molecule has 2 aromatic carbocycles. The maximum atomic E-state index is 9.50. The first-order chi connectivity index (χ1) is 10.7. The fraction of sp³-hybridized carbons (Fsp3) is 0.263. The van der Waals surface area contributed by atoms with Gasteiger partial charge in [0.15, 0.2) is 0 Å². The van der Waals surface area contributed by atoms with E-state index in [2.05, 4.69) is 19.1 Å². The van der Waals surface area contributed by atoms with Crippen LogP contribution in [0.2, 0.25) is 0 Å². The summed E-state index contributed by atoms with van der Waals surface area (Å²) in [5, 5.41) is 18.9. The van der Waals surface area contributed by atoms with Crippen LogP contribution in [0, 0.1) is 22.7 Å². The molecule has 0 aliphatic carbocycles. The Morgan fingerprint density at radius 3 is 2.14 bits per heavy atom. The Morgan fingerprint density at radius 2 is 1.59 bits per heavy atom. The molecule has 110 valence electrons. The highest BCUT2D eigenvalue weighted by molar-refractivity contribution is 5.75. The summed E-state index contributed by atoms with van der Waals surface area (Å²) >= 11 is 0. The third-order valence-electron chi connectivity index (χ3n) is 3.51. The Balaban J connectivity index is 2.52. The standard InChI is InChI=1S/C19H18N2O/c1-3-5-14-8-11-17(19(13-21)18(14)12-20)15-6-9-16(10-7-15)22-4-2/h6-11H,3-5H2,1-2H3. The number of rotatable bonds is 5. The molecule has 0 spiro atoms. The van der Waals surface area contributed by atoms with E-state index in [1.54, 1.807) is 0 Å². The number of nitriles is 2. The minimum atomic E-state index is 0.456. The van der Waals surface area contributed by atoms with E-state index in [9.17, 15) is 10.5 Å². The maximum absolute atomic E-state index is 9.50. The first kappa shape index (κ1) is 15.6. The van der Waals surface area contributed by atoms with Crippen molar-refractivity contribution in [3.05, 3.63) is 53.1 Å². The molecular formula is C19H18N2O. The van der Waals surface area contributed by atoms with Gasteiger partial charge in [0.25, 0.3) is 0 Å². The summed E-state index contributed by atoms with van der Waals surface area (Å²) in [4.78, 5) is 0. The van der Waals surface area contributed by atoms with Gasteiger partial charge in [0.05, 0.1) is 17.7 Å². The van der Waals surface area contributed by atoms with Crippen molar-refractivity contribution < 1.29 is 4.74 Å². The topological polar surface area (TPSA) is 56.8 Å². The Morgan fingerprint density at radius 1 is 0.909 bits per heavy atom. The molecule has 2 aromatic rings. The summed E-state index contributed by atoms with van der Waals surface area (Å²) < 4.78 is 5.43. The van der Waals surface area contributed by atoms with Gasteiger partial charge < -0.3 is 4.74 Å². The van der Waals surface area contributed by atoms with Gasteiger partial charge in [0, 0.05) is 5.56 Å². The zero-order valence-electron chi connectivity index (χ0n) is 12.9. The molecule has 3 heteroatoms. The molecule has 0 N–H and O–H groups in total. The second-order valence-electron chi connectivity index (χ2n) is 4.95. The van der Waals surface area contributed by atoms with Crippen LogP contribution in [0.15, 0.2) is 36.4 Å². The van der Waals surface area contributed by atoms with Crippen molar-refractivity contribution in [3.8, 4) is 29.0 Å². The van der Waals surface area contributed by atoms with Gasteiger partial charge >= 0.3 is 0 Å². The fourth-order valence-electron chi connectivity index (χ4n) is 2.51. The first-order valence-corrected chi connectivity index (χ1v) is 7.44. The number of benzene rings is 2. The van der Waals surface area contributed by atoms with Crippen LogP contribution in [0.5, 0.6) is 5.75 Å². The SMILES string of the molecule is CCCc1ccc(-c2ccc(OCC)cc2)c(C#N)c1C#N. The van der Waals surface area contributed by atoms with E-state index in [1.807, 2.05) is 43.3 Å². The predicted octanol–water partition coefficient (Wildman–Crippen LogP) is 4.45. The minimum Gasteiger partial charge on any atom is -0.494 e. The Bertz CT molecular complexity index is 734. The molecule has 0 saturated heterocycles. The molecule has 0 aliphatic rings. The lowest BCUT2D eigenvalue weighted by Crippen LogP contribution is -1.97. The van der Waals surface area contributed by atoms with Crippen molar-refractivity contribution in [1.82, 2.24) is 0 Å². The molecule has 0 atom stereocenters. The van der Waals surface area contributed by atoms with Gasteiger partial charge in [0.1, 0.15) is 17.9 Å². The molecule has 0 radical (unpaired) electrons. The highest BCUT2D eigenvalue weighted by Gasteiger charge is 2.14. The summed E-state index contributed by atoms with van der Waals surface area (Å²) in [6.07, 6.45) is 1.75. The van der Waals surface area contributed by atoms with E-state index in [0.29, 0.717) is 17.7 Å². The van der Waals surface area contributed by atoms with Crippen LogP contribution >= 0.6 is 0 Å². The lowest BCUT2D eigenvalue weighted by molar-refractivity contribution is 0.340. The van der Waals surface area contributed by atoms with Gasteiger partial charge in [-0.15, -0.1) is 0 Å². The van der Waals surface area contributed by atoms with Gasteiger partial charge in [0.2, 0.25) is 0 Å². The van der Waals surface area contributed by atoms with Gasteiger partial charge in [-0.2, -0.15) is 10.5 Å². The van der Waals surface area contributed by atoms with Crippen molar-refractivity contribution in [3.63, 3.8) is 0 Å². The highest BCUT2D eigenvalue weighted by atomic mass is 16.5. The Labute approximate surface area is 131 Å². The molecule has 0 unspecified atom stereocenters. The predicted molar refractivity (Wildman–Crippen MR) is 86.5 cm³/mol. The lowest BCUT2D eigenvalue weighted by atomic mass is 9.91. The summed E-state index contributed by atoms with van der Waals surface area (Å²) in [6.45, 7) is 4.62. The van der Waals surface area contributed by atoms with Crippen LogP contribution in [0.3, 0.4) is 0 Å². The largest absolute Gasteiger partial charge is 0.494 e. The third kappa shape index (κ3) is 3.10. The molecule has 0 amide bonds. The van der Waals surface area contributed by atoms with E-state index in [0.717, 1.165) is 35.3 Å². The van der Waals surface area contributed by atoms with E-state index >= 15 is 0 Å². The monoisotopic (exact) mass is 290 g/mol. The van der Waals surface area contributed by atoms with Crippen molar-refractivity contribution in [1.29, 1.82) is 10.5 Å². The molecule has 0 aliphatic heterocycles. The second kappa shape index (κ2) is 7.29. The van der Waals surface area contributed by atoms with Crippen LogP contribution in [-0.2, 0) is 6.42 Å². The first-order valence-electron chi connectivity index (χ1n) is 7.44. The van der Waals surface area contributed by atoms with Crippen LogP contribution in [0.4, 0.5) is 0 Å². The van der Waals surface area contributed by atoms with Gasteiger partial charge in [-0.1, -0.05) is 37.6 Å². The molecule has 3 nitrogen and oxygen atoms in total. The summed E-state index contributed by atoms with van der Waals surface area (Å²) in [7, 11) is 0. The average Bonchev–Trinajstić information content (AvgIpc) is 2.55. The number of hydrogen-bond acceptors (Lipinski definition) is 3. The molecule has 2 rings (SSSR count). The number of hydrogen-bond donors (Lipinski definition) is 0. The molecule has 0 bridgehead atoms. The third-order valence-corrected chi connectivity index (χ3v) is 3.51. The summed E-state index contributed by atoms with van der Waals surface area (Å²) in [5.74, 6) is 0.799. The molecule has 0 saturated carbocycles. The summed E-state index contributed by atoms with van der Waals surface area (Å²) in [5.41, 5.74) is 3.60. The summed E-state index contributed by atoms with van der Waals surface area (Å²) in [6, 6.07) is 15.9. The van der Waals surface area contributed by atoms with Gasteiger partial charge in [-0.3, -0.25) is 0 Å². The average molecular weight is 290 g/mol. The van der Waals surface area contributed by atoms with Gasteiger partial charge in [-0.25, -0.2) is 0 Å². The van der Waals surface area contributed by atoms with Gasteiger partial charge in [-0.05, 0) is 36.6 Å². The fourth-order valence-corrected chi connectivity index (χ4v) is 2.51. The van der Waals surface area contributed by atoms with Crippen molar-refractivity contribution in [2.75, 3.05) is 6.61 Å². The lowest BCUT2D eigenvalue weighted by Gasteiger charge is -2.11. The van der Waals surface area contributed by atoms with Crippen molar-refractivity contribution in [2.24, 2.45) is 0 Å². The quantitative estimate of drug-likeness (QED) is 0.817. The zero-order chi connectivity index (χ0) is 15.9. The number of nitrogens with zero attached hydrogens (tertiary/aromatic N) is 2. The normalized spacial score (nSPS) is 9.82. The second-order valence-corrected chi connectivity index (χ2v) is 4.95. The highest BCUT2D eigenvalue weighted by Crippen LogP contribution is 2.29. The van der Waals surface area contributed by atoms with E-state index in [4.69, 9.17) is 4.74 Å². The molecule has 22 heavy (non-hydrogen) atoms. The van der Waals surface area contributed by atoms with E-state index in [-0.39, 0.29) is 0 Å².